The number of benzene rings is 1. The van der Waals surface area contributed by atoms with Crippen LogP contribution in [0.4, 0.5) is 0 Å². The van der Waals surface area contributed by atoms with Crippen molar-refractivity contribution in [2.45, 2.75) is 25.7 Å². The molecular weight excluding hydrogens is 170 g/mol. The predicted octanol–water partition coefficient (Wildman–Crippen LogP) is 3.35. The molecule has 1 aromatic rings. The monoisotopic (exact) mass is 185 g/mol. The summed E-state index contributed by atoms with van der Waals surface area (Å²) in [5.41, 5.74) is 1.83. The lowest BCUT2D eigenvalue weighted by Crippen LogP contribution is -2.19. The average molecular weight is 185 g/mol. The summed E-state index contributed by atoms with van der Waals surface area (Å²) in [4.78, 5) is 0. The third-order valence-electron chi connectivity index (χ3n) is 2.54. The van der Waals surface area contributed by atoms with Gasteiger partial charge in [0.2, 0.25) is 0 Å². The van der Waals surface area contributed by atoms with Gasteiger partial charge < -0.3 is 0 Å². The molecule has 0 spiro atoms. The van der Waals surface area contributed by atoms with E-state index in [0.717, 1.165) is 5.56 Å². The van der Waals surface area contributed by atoms with Crippen LogP contribution in [0.15, 0.2) is 36.9 Å². The molecule has 1 nitrogen and oxygen atoms in total. The topological polar surface area (TPSA) is 23.8 Å². The van der Waals surface area contributed by atoms with Crippen molar-refractivity contribution in [1.82, 2.24) is 0 Å². The highest BCUT2D eigenvalue weighted by atomic mass is 14.4. The van der Waals surface area contributed by atoms with Gasteiger partial charge in [-0.2, -0.15) is 5.26 Å². The van der Waals surface area contributed by atoms with E-state index in [4.69, 9.17) is 0 Å². The van der Waals surface area contributed by atoms with Gasteiger partial charge >= 0.3 is 0 Å². The molecule has 1 rings (SSSR count). The fraction of sp³-hybridized carbons (Fsp3) is 0.308. The maximum atomic E-state index is 9.20. The Labute approximate surface area is 85.7 Å². The van der Waals surface area contributed by atoms with Crippen LogP contribution >= 0.6 is 0 Å². The SMILES string of the molecule is C=CCC(C)(C#N)c1ccccc1C. The molecule has 0 bridgehead atoms. The fourth-order valence-corrected chi connectivity index (χ4v) is 1.70. The molecule has 0 aliphatic carbocycles. The largest absolute Gasteiger partial charge is 0.197 e. The molecule has 0 amide bonds. The Hall–Kier alpha value is -1.55. The first-order valence-corrected chi connectivity index (χ1v) is 4.72. The first-order chi connectivity index (χ1) is 6.64. The summed E-state index contributed by atoms with van der Waals surface area (Å²) in [5, 5.41) is 9.20. The van der Waals surface area contributed by atoms with Crippen LogP contribution in [-0.4, -0.2) is 0 Å². The van der Waals surface area contributed by atoms with Crippen LogP contribution in [0.25, 0.3) is 0 Å². The summed E-state index contributed by atoms with van der Waals surface area (Å²) in [5.74, 6) is 0. The van der Waals surface area contributed by atoms with Gasteiger partial charge in [-0.3, -0.25) is 0 Å². The second-order valence-electron chi connectivity index (χ2n) is 3.75. The Morgan fingerprint density at radius 3 is 2.64 bits per heavy atom. The van der Waals surface area contributed by atoms with Crippen LogP contribution in [0.3, 0.4) is 0 Å². The van der Waals surface area contributed by atoms with Crippen molar-refractivity contribution in [3.63, 3.8) is 0 Å². The van der Waals surface area contributed by atoms with Gasteiger partial charge in [0.15, 0.2) is 0 Å². The number of aryl methyl sites for hydroxylation is 1. The van der Waals surface area contributed by atoms with Gasteiger partial charge in [-0.15, -0.1) is 6.58 Å². The van der Waals surface area contributed by atoms with Gasteiger partial charge in [0.05, 0.1) is 11.5 Å². The zero-order chi connectivity index (χ0) is 10.6. The first-order valence-electron chi connectivity index (χ1n) is 4.72. The first kappa shape index (κ1) is 10.5. The van der Waals surface area contributed by atoms with Crippen molar-refractivity contribution >= 4 is 0 Å². The third kappa shape index (κ3) is 1.85. The second kappa shape index (κ2) is 4.11. The summed E-state index contributed by atoms with van der Waals surface area (Å²) < 4.78 is 0. The van der Waals surface area contributed by atoms with E-state index in [0.29, 0.717) is 6.42 Å². The predicted molar refractivity (Wildman–Crippen MR) is 59.0 cm³/mol. The van der Waals surface area contributed by atoms with Crippen LogP contribution < -0.4 is 0 Å². The smallest absolute Gasteiger partial charge is 0.0831 e. The van der Waals surface area contributed by atoms with Crippen molar-refractivity contribution in [3.05, 3.63) is 48.0 Å². The third-order valence-corrected chi connectivity index (χ3v) is 2.54. The Balaban J connectivity index is 3.20. The van der Waals surface area contributed by atoms with Crippen LogP contribution in [-0.2, 0) is 5.41 Å². The Kier molecular flexibility index (Phi) is 3.09. The van der Waals surface area contributed by atoms with Crippen molar-refractivity contribution in [3.8, 4) is 6.07 Å². The summed E-state index contributed by atoms with van der Waals surface area (Å²) in [6, 6.07) is 10.4. The van der Waals surface area contributed by atoms with E-state index in [1.54, 1.807) is 6.08 Å². The number of nitriles is 1. The van der Waals surface area contributed by atoms with E-state index < -0.39 is 5.41 Å². The van der Waals surface area contributed by atoms with Gasteiger partial charge in [-0.1, -0.05) is 30.3 Å². The molecule has 0 aliphatic heterocycles. The molecule has 0 saturated heterocycles. The quantitative estimate of drug-likeness (QED) is 0.662. The molecular formula is C13H15N. The van der Waals surface area contributed by atoms with Crippen molar-refractivity contribution in [2.75, 3.05) is 0 Å². The van der Waals surface area contributed by atoms with E-state index in [2.05, 4.69) is 12.6 Å². The lowest BCUT2D eigenvalue weighted by atomic mass is 9.79. The molecule has 1 aromatic carbocycles. The maximum Gasteiger partial charge on any atom is 0.0831 e. The van der Waals surface area contributed by atoms with Gasteiger partial charge in [0, 0.05) is 0 Å². The molecule has 0 radical (unpaired) electrons. The summed E-state index contributed by atoms with van der Waals surface area (Å²) in [6.07, 6.45) is 2.49. The standard InChI is InChI=1S/C13H15N/c1-4-9-13(3,10-14)12-8-6-5-7-11(12)2/h4-8H,1,9H2,2-3H3. The molecule has 0 aliphatic rings. The highest BCUT2D eigenvalue weighted by molar-refractivity contribution is 5.38. The van der Waals surface area contributed by atoms with Gasteiger partial charge in [-0.25, -0.2) is 0 Å². The molecule has 72 valence electrons. The Morgan fingerprint density at radius 1 is 1.50 bits per heavy atom. The molecule has 1 heteroatoms. The Bertz CT molecular complexity index is 373. The van der Waals surface area contributed by atoms with Crippen LogP contribution in [0.5, 0.6) is 0 Å². The summed E-state index contributed by atoms with van der Waals surface area (Å²) in [6.45, 7) is 7.69. The number of allylic oxidation sites excluding steroid dienone is 1. The van der Waals surface area contributed by atoms with E-state index >= 15 is 0 Å². The lowest BCUT2D eigenvalue weighted by molar-refractivity contribution is 0.617. The molecule has 0 saturated carbocycles. The normalized spacial score (nSPS) is 14.1. The highest BCUT2D eigenvalue weighted by Crippen LogP contribution is 2.29. The van der Waals surface area contributed by atoms with Crippen molar-refractivity contribution in [1.29, 1.82) is 5.26 Å². The van der Waals surface area contributed by atoms with E-state index in [9.17, 15) is 5.26 Å². The number of nitrogens with zero attached hydrogens (tertiary/aromatic N) is 1. The zero-order valence-electron chi connectivity index (χ0n) is 8.75. The van der Waals surface area contributed by atoms with Gasteiger partial charge in [0.1, 0.15) is 0 Å². The van der Waals surface area contributed by atoms with E-state index in [1.807, 2.05) is 38.1 Å². The average Bonchev–Trinajstić information content (AvgIpc) is 2.18. The van der Waals surface area contributed by atoms with E-state index in [1.165, 1.54) is 5.56 Å². The fourth-order valence-electron chi connectivity index (χ4n) is 1.70. The van der Waals surface area contributed by atoms with Gasteiger partial charge in [-0.05, 0) is 31.4 Å². The number of hydrogen-bond donors (Lipinski definition) is 0. The summed E-state index contributed by atoms with van der Waals surface area (Å²) in [7, 11) is 0. The molecule has 0 fully saturated rings. The molecule has 0 heterocycles. The second-order valence-corrected chi connectivity index (χ2v) is 3.75. The summed E-state index contributed by atoms with van der Waals surface area (Å²) >= 11 is 0. The van der Waals surface area contributed by atoms with Crippen molar-refractivity contribution < 1.29 is 0 Å². The number of rotatable bonds is 3. The van der Waals surface area contributed by atoms with Gasteiger partial charge in [0.25, 0.3) is 0 Å². The molecule has 1 atom stereocenters. The van der Waals surface area contributed by atoms with Crippen LogP contribution in [0.2, 0.25) is 0 Å². The zero-order valence-corrected chi connectivity index (χ0v) is 8.75. The molecule has 0 aromatic heterocycles. The Morgan fingerprint density at radius 2 is 2.14 bits per heavy atom. The molecule has 14 heavy (non-hydrogen) atoms. The van der Waals surface area contributed by atoms with Crippen LogP contribution in [0.1, 0.15) is 24.5 Å². The minimum atomic E-state index is -0.437. The lowest BCUT2D eigenvalue weighted by Gasteiger charge is -2.22. The molecule has 1 unspecified atom stereocenters. The maximum absolute atomic E-state index is 9.20. The minimum Gasteiger partial charge on any atom is -0.197 e. The van der Waals surface area contributed by atoms with Crippen LogP contribution in [0, 0.1) is 18.3 Å². The minimum absolute atomic E-state index is 0.437. The highest BCUT2D eigenvalue weighted by Gasteiger charge is 2.25. The van der Waals surface area contributed by atoms with Crippen molar-refractivity contribution in [2.24, 2.45) is 0 Å². The number of hydrogen-bond acceptors (Lipinski definition) is 1. The molecule has 0 N–H and O–H groups in total. The van der Waals surface area contributed by atoms with E-state index in [-0.39, 0.29) is 0 Å².